The lowest BCUT2D eigenvalue weighted by molar-refractivity contribution is 0.596. The molecule has 0 aliphatic heterocycles. The molecule has 0 amide bonds. The van der Waals surface area contributed by atoms with Crippen LogP contribution in [0.15, 0.2) is 36.4 Å². The van der Waals surface area contributed by atoms with Crippen molar-refractivity contribution in [2.24, 2.45) is 0 Å². The van der Waals surface area contributed by atoms with E-state index >= 15 is 0 Å². The summed E-state index contributed by atoms with van der Waals surface area (Å²) in [6.07, 6.45) is 1.20. The minimum Gasteiger partial charge on any atom is -0.266 e. The molecule has 0 bridgehead atoms. The molecule has 2 aromatic carbocycles. The van der Waals surface area contributed by atoms with Gasteiger partial charge in [-0.25, -0.2) is 8.42 Å². The standard InChI is InChI=1S/C16H17Cl2NO2S/c1-11-5-4-6-16(12(11)2)19(22(3,20)21)10-13-7-8-14(17)15(18)9-13/h4-9H,10H2,1-3H3. The maximum atomic E-state index is 12.2. The summed E-state index contributed by atoms with van der Waals surface area (Å²) in [6, 6.07) is 10.7. The fourth-order valence-corrected chi connectivity index (χ4v) is 3.45. The maximum absolute atomic E-state index is 12.2. The van der Waals surface area contributed by atoms with Crippen molar-refractivity contribution >= 4 is 38.9 Å². The molecule has 2 rings (SSSR count). The van der Waals surface area contributed by atoms with Crippen molar-refractivity contribution in [3.05, 3.63) is 63.1 Å². The van der Waals surface area contributed by atoms with E-state index in [9.17, 15) is 8.42 Å². The number of aryl methyl sites for hydroxylation is 1. The van der Waals surface area contributed by atoms with E-state index < -0.39 is 10.0 Å². The van der Waals surface area contributed by atoms with E-state index in [2.05, 4.69) is 0 Å². The summed E-state index contributed by atoms with van der Waals surface area (Å²) >= 11 is 11.9. The Bertz CT molecular complexity index is 804. The Morgan fingerprint density at radius 1 is 1.05 bits per heavy atom. The molecule has 0 unspecified atom stereocenters. The van der Waals surface area contributed by atoms with Crippen LogP contribution in [0, 0.1) is 13.8 Å². The van der Waals surface area contributed by atoms with Crippen LogP contribution in [-0.4, -0.2) is 14.7 Å². The summed E-state index contributed by atoms with van der Waals surface area (Å²) < 4.78 is 25.8. The van der Waals surface area contributed by atoms with Crippen LogP contribution < -0.4 is 4.31 Å². The summed E-state index contributed by atoms with van der Waals surface area (Å²) in [5.41, 5.74) is 3.43. The van der Waals surface area contributed by atoms with Gasteiger partial charge in [0, 0.05) is 0 Å². The Kier molecular flexibility index (Phi) is 5.05. The number of benzene rings is 2. The van der Waals surface area contributed by atoms with E-state index in [0.717, 1.165) is 16.7 Å². The van der Waals surface area contributed by atoms with Crippen molar-refractivity contribution in [3.8, 4) is 0 Å². The number of rotatable bonds is 4. The quantitative estimate of drug-likeness (QED) is 0.803. The third-order valence-electron chi connectivity index (χ3n) is 3.56. The van der Waals surface area contributed by atoms with Gasteiger partial charge in [-0.1, -0.05) is 41.4 Å². The van der Waals surface area contributed by atoms with Gasteiger partial charge in [-0.15, -0.1) is 0 Å². The van der Waals surface area contributed by atoms with Crippen LogP contribution in [0.3, 0.4) is 0 Å². The van der Waals surface area contributed by atoms with Gasteiger partial charge < -0.3 is 0 Å². The number of hydrogen-bond acceptors (Lipinski definition) is 2. The minimum absolute atomic E-state index is 0.208. The van der Waals surface area contributed by atoms with E-state index in [1.54, 1.807) is 24.3 Å². The van der Waals surface area contributed by atoms with Crippen molar-refractivity contribution in [1.29, 1.82) is 0 Å². The Labute approximate surface area is 141 Å². The number of anilines is 1. The normalized spacial score (nSPS) is 11.5. The second-order valence-corrected chi connectivity index (χ2v) is 7.96. The molecule has 0 aliphatic rings. The van der Waals surface area contributed by atoms with Crippen molar-refractivity contribution < 1.29 is 8.42 Å². The van der Waals surface area contributed by atoms with Crippen molar-refractivity contribution in [2.45, 2.75) is 20.4 Å². The SMILES string of the molecule is Cc1cccc(N(Cc2ccc(Cl)c(Cl)c2)S(C)(=O)=O)c1C. The summed E-state index contributed by atoms with van der Waals surface area (Å²) in [6.45, 7) is 4.08. The summed E-state index contributed by atoms with van der Waals surface area (Å²) in [5.74, 6) is 0. The first-order valence-electron chi connectivity index (χ1n) is 6.68. The molecule has 0 heterocycles. The molecule has 0 atom stereocenters. The third-order valence-corrected chi connectivity index (χ3v) is 5.42. The van der Waals surface area contributed by atoms with E-state index in [0.29, 0.717) is 15.7 Å². The maximum Gasteiger partial charge on any atom is 0.232 e. The number of hydrogen-bond donors (Lipinski definition) is 0. The highest BCUT2D eigenvalue weighted by Gasteiger charge is 2.20. The van der Waals surface area contributed by atoms with Crippen molar-refractivity contribution in [1.82, 2.24) is 0 Å². The Balaban J connectivity index is 2.48. The smallest absolute Gasteiger partial charge is 0.232 e. The van der Waals surface area contributed by atoms with Gasteiger partial charge in [0.25, 0.3) is 0 Å². The van der Waals surface area contributed by atoms with Gasteiger partial charge >= 0.3 is 0 Å². The van der Waals surface area contributed by atoms with Crippen LogP contribution in [-0.2, 0) is 16.6 Å². The van der Waals surface area contributed by atoms with Gasteiger partial charge in [-0.3, -0.25) is 4.31 Å². The monoisotopic (exact) mass is 357 g/mol. The highest BCUT2D eigenvalue weighted by atomic mass is 35.5. The molecule has 0 saturated carbocycles. The molecule has 118 valence electrons. The third kappa shape index (κ3) is 3.75. The number of nitrogens with zero attached hydrogens (tertiary/aromatic N) is 1. The number of sulfonamides is 1. The predicted molar refractivity (Wildman–Crippen MR) is 93.4 cm³/mol. The molecule has 6 heteroatoms. The Morgan fingerprint density at radius 2 is 1.73 bits per heavy atom. The van der Waals surface area contributed by atoms with E-state index in [4.69, 9.17) is 23.2 Å². The first-order chi connectivity index (χ1) is 10.2. The lowest BCUT2D eigenvalue weighted by Gasteiger charge is -2.25. The van der Waals surface area contributed by atoms with Crippen LogP contribution >= 0.6 is 23.2 Å². The molecule has 2 aromatic rings. The molecule has 22 heavy (non-hydrogen) atoms. The largest absolute Gasteiger partial charge is 0.266 e. The van der Waals surface area contributed by atoms with Crippen LogP contribution in [0.4, 0.5) is 5.69 Å². The topological polar surface area (TPSA) is 37.4 Å². The van der Waals surface area contributed by atoms with Crippen LogP contribution in [0.1, 0.15) is 16.7 Å². The summed E-state index contributed by atoms with van der Waals surface area (Å²) in [5, 5.41) is 0.858. The van der Waals surface area contributed by atoms with Crippen molar-refractivity contribution in [2.75, 3.05) is 10.6 Å². The molecule has 3 nitrogen and oxygen atoms in total. The molecule has 0 fully saturated rings. The first kappa shape index (κ1) is 17.1. The average molecular weight is 358 g/mol. The van der Waals surface area contributed by atoms with Crippen LogP contribution in [0.2, 0.25) is 10.0 Å². The van der Waals surface area contributed by atoms with Crippen molar-refractivity contribution in [3.63, 3.8) is 0 Å². The van der Waals surface area contributed by atoms with E-state index in [1.807, 2.05) is 26.0 Å². The van der Waals surface area contributed by atoms with Gasteiger partial charge in [0.2, 0.25) is 10.0 Å². The predicted octanol–water partition coefficient (Wildman–Crippen LogP) is 4.58. The molecule has 0 spiro atoms. The summed E-state index contributed by atoms with van der Waals surface area (Å²) in [4.78, 5) is 0. The fourth-order valence-electron chi connectivity index (χ4n) is 2.19. The second-order valence-electron chi connectivity index (χ2n) is 5.24. The lowest BCUT2D eigenvalue weighted by Crippen LogP contribution is -2.30. The highest BCUT2D eigenvalue weighted by Crippen LogP contribution is 2.28. The lowest BCUT2D eigenvalue weighted by atomic mass is 10.1. The van der Waals surface area contributed by atoms with Gasteiger partial charge in [0.1, 0.15) is 0 Å². The van der Waals surface area contributed by atoms with Crippen LogP contribution in [0.5, 0.6) is 0 Å². The fraction of sp³-hybridized carbons (Fsp3) is 0.250. The van der Waals surface area contributed by atoms with Gasteiger partial charge in [-0.05, 0) is 48.7 Å². The molecule has 0 radical (unpaired) electrons. The number of halogens is 2. The molecule has 0 N–H and O–H groups in total. The first-order valence-corrected chi connectivity index (χ1v) is 9.28. The second kappa shape index (κ2) is 6.49. The zero-order valence-corrected chi connectivity index (χ0v) is 14.9. The summed E-state index contributed by atoms with van der Waals surface area (Å²) in [7, 11) is -3.42. The van der Waals surface area contributed by atoms with Gasteiger partial charge in [0.15, 0.2) is 0 Å². The molecule has 0 aliphatic carbocycles. The zero-order valence-electron chi connectivity index (χ0n) is 12.6. The Morgan fingerprint density at radius 3 is 2.32 bits per heavy atom. The van der Waals surface area contributed by atoms with Gasteiger partial charge in [-0.2, -0.15) is 0 Å². The van der Waals surface area contributed by atoms with Gasteiger partial charge in [0.05, 0.1) is 28.5 Å². The van der Waals surface area contributed by atoms with E-state index in [1.165, 1.54) is 10.6 Å². The van der Waals surface area contributed by atoms with Crippen LogP contribution in [0.25, 0.3) is 0 Å². The Hall–Kier alpha value is -1.23. The molecular weight excluding hydrogens is 341 g/mol. The average Bonchev–Trinajstić information content (AvgIpc) is 2.42. The molecular formula is C16H17Cl2NO2S. The highest BCUT2D eigenvalue weighted by molar-refractivity contribution is 7.92. The zero-order chi connectivity index (χ0) is 16.5. The minimum atomic E-state index is -3.42. The van der Waals surface area contributed by atoms with E-state index in [-0.39, 0.29) is 6.54 Å². The molecule has 0 aromatic heterocycles. The molecule has 0 saturated heterocycles.